The largest absolute Gasteiger partial charge is 0.417 e. The van der Waals surface area contributed by atoms with Gasteiger partial charge in [-0.15, -0.1) is 0 Å². The minimum absolute atomic E-state index is 0.0559. The average molecular weight is 383 g/mol. The summed E-state index contributed by atoms with van der Waals surface area (Å²) < 4.78 is 40.0. The minimum Gasteiger partial charge on any atom is -0.306 e. The quantitative estimate of drug-likeness (QED) is 0.884. The third-order valence-electron chi connectivity index (χ3n) is 4.17. The number of rotatable bonds is 3. The van der Waals surface area contributed by atoms with E-state index in [1.807, 2.05) is 0 Å². The van der Waals surface area contributed by atoms with Crippen molar-refractivity contribution in [2.24, 2.45) is 9.98 Å². The number of carbonyl (C=O) groups is 1. The lowest BCUT2D eigenvalue weighted by Crippen LogP contribution is -2.20. The highest BCUT2D eigenvalue weighted by Crippen LogP contribution is 2.34. The zero-order valence-electron chi connectivity index (χ0n) is 14.2. The van der Waals surface area contributed by atoms with E-state index in [4.69, 9.17) is 0 Å². The lowest BCUT2D eigenvalue weighted by atomic mass is 9.98. The first-order chi connectivity index (χ1) is 13.4. The fourth-order valence-corrected chi connectivity index (χ4v) is 2.89. The molecule has 2 aliphatic rings. The Kier molecular flexibility index (Phi) is 4.34. The molecule has 1 atom stereocenters. The Bertz CT molecular complexity index is 1050. The summed E-state index contributed by atoms with van der Waals surface area (Å²) in [7, 11) is 0. The molecule has 140 valence electrons. The van der Waals surface area contributed by atoms with Gasteiger partial charge < -0.3 is 5.32 Å². The molecule has 2 aliphatic heterocycles. The summed E-state index contributed by atoms with van der Waals surface area (Å²) in [6.07, 6.45) is 2.71. The minimum atomic E-state index is -4.52. The van der Waals surface area contributed by atoms with Crippen LogP contribution >= 0.6 is 0 Å². The fourth-order valence-electron chi connectivity index (χ4n) is 2.89. The molecule has 1 unspecified atom stereocenters. The number of nitrogens with one attached hydrogen (secondary N) is 1. The first-order valence-corrected chi connectivity index (χ1v) is 8.21. The van der Waals surface area contributed by atoms with Gasteiger partial charge in [-0.2, -0.15) is 13.2 Å². The van der Waals surface area contributed by atoms with Crippen molar-refractivity contribution in [1.29, 1.82) is 0 Å². The molecule has 2 aromatic rings. The molecule has 4 rings (SSSR count). The Morgan fingerprint density at radius 3 is 2.71 bits per heavy atom. The number of fused-ring (bicyclic) bond motifs is 1. The summed E-state index contributed by atoms with van der Waals surface area (Å²) in [5.74, 6) is -0.203. The van der Waals surface area contributed by atoms with Crippen LogP contribution in [-0.2, 0) is 11.0 Å². The lowest BCUT2D eigenvalue weighted by Gasteiger charge is -2.17. The highest BCUT2D eigenvalue weighted by atomic mass is 19.4. The standard InChI is InChI=1S/C19H12F3N5O/c20-19(21,22)13-4-2-1-3-11(13)14-5-6-15-17(26-14)12(9-24-15)18(28)27-16-7-8-23-10-25-16/h1-10,15H,(H,23,25,27,28). The van der Waals surface area contributed by atoms with Gasteiger partial charge in [0, 0.05) is 18.0 Å². The molecule has 1 aromatic carbocycles. The normalized spacial score (nSPS) is 18.1. The van der Waals surface area contributed by atoms with Crippen molar-refractivity contribution in [2.45, 2.75) is 12.2 Å². The van der Waals surface area contributed by atoms with Crippen molar-refractivity contribution in [3.63, 3.8) is 0 Å². The van der Waals surface area contributed by atoms with E-state index >= 15 is 0 Å². The fraction of sp³-hybridized carbons (Fsp3) is 0.105. The van der Waals surface area contributed by atoms with E-state index in [2.05, 4.69) is 25.3 Å². The van der Waals surface area contributed by atoms with Crippen LogP contribution in [0.25, 0.3) is 0 Å². The van der Waals surface area contributed by atoms with Gasteiger partial charge in [0.15, 0.2) is 0 Å². The number of allylic oxidation sites excluding steroid dienone is 1. The van der Waals surface area contributed by atoms with E-state index in [9.17, 15) is 18.0 Å². The summed E-state index contributed by atoms with van der Waals surface area (Å²) in [4.78, 5) is 28.7. The highest BCUT2D eigenvalue weighted by molar-refractivity contribution is 6.20. The second kappa shape index (κ2) is 6.84. The Hall–Kier alpha value is -3.62. The predicted octanol–water partition coefficient (Wildman–Crippen LogP) is 3.20. The molecule has 0 radical (unpaired) electrons. The summed E-state index contributed by atoms with van der Waals surface area (Å²) >= 11 is 0. The Labute approximate surface area is 157 Å². The van der Waals surface area contributed by atoms with Crippen LogP contribution in [0.2, 0.25) is 0 Å². The molecule has 1 N–H and O–H groups in total. The van der Waals surface area contributed by atoms with E-state index in [-0.39, 0.29) is 16.8 Å². The maximum absolute atomic E-state index is 13.3. The number of hydrogen-bond acceptors (Lipinski definition) is 5. The maximum atomic E-state index is 13.3. The number of amides is 1. The van der Waals surface area contributed by atoms with Crippen LogP contribution in [0.4, 0.5) is 19.0 Å². The van der Waals surface area contributed by atoms with Gasteiger partial charge in [0.2, 0.25) is 0 Å². The van der Waals surface area contributed by atoms with Crippen LogP contribution in [0, 0.1) is 0 Å². The second-order valence-corrected chi connectivity index (χ2v) is 5.97. The molecule has 9 heteroatoms. The maximum Gasteiger partial charge on any atom is 0.417 e. The van der Waals surface area contributed by atoms with E-state index in [0.29, 0.717) is 11.5 Å². The molecule has 0 aliphatic carbocycles. The zero-order valence-corrected chi connectivity index (χ0v) is 14.2. The summed E-state index contributed by atoms with van der Waals surface area (Å²) in [5, 5.41) is 2.59. The van der Waals surface area contributed by atoms with E-state index in [0.717, 1.165) is 6.07 Å². The molecule has 0 saturated carbocycles. The summed E-state index contributed by atoms with van der Waals surface area (Å²) in [5.41, 5.74) is -0.254. The number of aromatic nitrogens is 2. The molecule has 3 heterocycles. The van der Waals surface area contributed by atoms with Gasteiger partial charge in [-0.3, -0.25) is 9.79 Å². The van der Waals surface area contributed by atoms with Gasteiger partial charge in [0.1, 0.15) is 18.2 Å². The van der Waals surface area contributed by atoms with Crippen LogP contribution in [0.5, 0.6) is 0 Å². The highest BCUT2D eigenvalue weighted by Gasteiger charge is 2.35. The van der Waals surface area contributed by atoms with E-state index < -0.39 is 23.7 Å². The van der Waals surface area contributed by atoms with Crippen molar-refractivity contribution >= 4 is 23.7 Å². The van der Waals surface area contributed by atoms with Crippen molar-refractivity contribution in [2.75, 3.05) is 5.32 Å². The molecule has 0 bridgehead atoms. The second-order valence-electron chi connectivity index (χ2n) is 5.97. The summed E-state index contributed by atoms with van der Waals surface area (Å²) in [6, 6.07) is 6.19. The molecule has 28 heavy (non-hydrogen) atoms. The van der Waals surface area contributed by atoms with Crippen molar-refractivity contribution in [3.05, 3.63) is 77.4 Å². The van der Waals surface area contributed by atoms with Crippen molar-refractivity contribution < 1.29 is 18.0 Å². The number of carbonyl (C=O) groups excluding carboxylic acids is 1. The molecule has 0 spiro atoms. The monoisotopic (exact) mass is 383 g/mol. The molecule has 1 amide bonds. The summed E-state index contributed by atoms with van der Waals surface area (Å²) in [6.45, 7) is 0. The van der Waals surface area contributed by atoms with Crippen LogP contribution in [0.3, 0.4) is 0 Å². The number of aliphatic imine (C=N–C) groups is 2. The number of halogens is 3. The van der Waals surface area contributed by atoms with Gasteiger partial charge in [-0.05, 0) is 18.2 Å². The number of nitrogens with zero attached hydrogens (tertiary/aromatic N) is 4. The van der Waals surface area contributed by atoms with Gasteiger partial charge in [0.25, 0.3) is 5.91 Å². The topological polar surface area (TPSA) is 79.6 Å². The number of hydrogen-bond donors (Lipinski definition) is 1. The van der Waals surface area contributed by atoms with Crippen LogP contribution in [0.1, 0.15) is 11.1 Å². The van der Waals surface area contributed by atoms with E-state index in [1.54, 1.807) is 6.08 Å². The van der Waals surface area contributed by atoms with Gasteiger partial charge in [-0.1, -0.05) is 24.3 Å². The van der Waals surface area contributed by atoms with Crippen molar-refractivity contribution in [3.8, 4) is 0 Å². The smallest absolute Gasteiger partial charge is 0.306 e. The van der Waals surface area contributed by atoms with Crippen molar-refractivity contribution in [1.82, 2.24) is 9.97 Å². The van der Waals surface area contributed by atoms with Gasteiger partial charge >= 0.3 is 6.18 Å². The average Bonchev–Trinajstić information content (AvgIpc) is 3.11. The predicted molar refractivity (Wildman–Crippen MR) is 97.1 cm³/mol. The Morgan fingerprint density at radius 2 is 1.96 bits per heavy atom. The number of anilines is 1. The third-order valence-corrected chi connectivity index (χ3v) is 4.17. The Morgan fingerprint density at radius 1 is 1.14 bits per heavy atom. The zero-order chi connectivity index (χ0) is 19.7. The van der Waals surface area contributed by atoms with Crippen LogP contribution < -0.4 is 5.32 Å². The lowest BCUT2D eigenvalue weighted by molar-refractivity contribution is -0.137. The first-order valence-electron chi connectivity index (χ1n) is 8.21. The SMILES string of the molecule is O=C(Nc1ccncn1)C1=C2N=C(c3ccccc3C(F)(F)F)C=CC2N=C1. The third kappa shape index (κ3) is 3.34. The number of alkyl halides is 3. The first kappa shape index (κ1) is 17.8. The molecule has 0 fully saturated rings. The van der Waals surface area contributed by atoms with E-state index in [1.165, 1.54) is 49.1 Å². The molecule has 6 nitrogen and oxygen atoms in total. The van der Waals surface area contributed by atoms with Gasteiger partial charge in [0.05, 0.1) is 22.5 Å². The van der Waals surface area contributed by atoms with Crippen LogP contribution in [0.15, 0.2) is 76.3 Å². The molecule has 0 saturated heterocycles. The van der Waals surface area contributed by atoms with Crippen LogP contribution in [-0.4, -0.2) is 33.8 Å². The molecule has 1 aromatic heterocycles. The number of dihydropyridines is 1. The van der Waals surface area contributed by atoms with Gasteiger partial charge in [-0.25, -0.2) is 15.0 Å². The molecular weight excluding hydrogens is 371 g/mol. The molecular formula is C19H12F3N5O. The number of benzene rings is 1. The Balaban J connectivity index is 1.71.